The Morgan fingerprint density at radius 2 is 1.62 bits per heavy atom. The summed E-state index contributed by atoms with van der Waals surface area (Å²) >= 11 is 0. The lowest BCUT2D eigenvalue weighted by molar-refractivity contribution is -0.129. The molecule has 1 saturated heterocycles. The summed E-state index contributed by atoms with van der Waals surface area (Å²) in [4.78, 5) is 0. The molecule has 0 aromatic heterocycles. The van der Waals surface area contributed by atoms with E-state index in [9.17, 15) is 44.2 Å². The lowest BCUT2D eigenvalue weighted by atomic mass is 10.0. The third-order valence-electron chi connectivity index (χ3n) is 4.03. The van der Waals surface area contributed by atoms with Crippen molar-refractivity contribution >= 4 is 21.3 Å². The van der Waals surface area contributed by atoms with Crippen molar-refractivity contribution in [3.63, 3.8) is 0 Å². The highest BCUT2D eigenvalue weighted by Crippen LogP contribution is 2.26. The van der Waals surface area contributed by atoms with E-state index in [0.29, 0.717) is 0 Å². The van der Waals surface area contributed by atoms with Gasteiger partial charge < -0.3 is 40.9 Å². The molecule has 14 heteroatoms. The molecule has 0 amide bonds. The van der Waals surface area contributed by atoms with Crippen molar-refractivity contribution in [2.24, 2.45) is 0 Å². The van der Waals surface area contributed by atoms with Gasteiger partial charge in [-0.05, 0) is 0 Å². The van der Waals surface area contributed by atoms with Gasteiger partial charge in [0.25, 0.3) is 0 Å². The lowest BCUT2D eigenvalue weighted by Gasteiger charge is -2.30. The molecule has 0 spiro atoms. The van der Waals surface area contributed by atoms with Crippen molar-refractivity contribution in [1.29, 1.82) is 0 Å². The van der Waals surface area contributed by atoms with E-state index in [1.165, 1.54) is 0 Å². The van der Waals surface area contributed by atoms with Crippen LogP contribution in [-0.4, -0.2) is 127 Å². The average Bonchev–Trinajstić information content (AvgIpc) is 2.82. The van der Waals surface area contributed by atoms with Crippen LogP contribution in [0.2, 0.25) is 0 Å². The Kier molecular flexibility index (Phi) is 9.12. The second kappa shape index (κ2) is 9.90. The van der Waals surface area contributed by atoms with Crippen LogP contribution in [0, 0.1) is 0 Å². The summed E-state index contributed by atoms with van der Waals surface area (Å²) in [6.45, 7) is -1.51. The van der Waals surface area contributed by atoms with Gasteiger partial charge in [-0.1, -0.05) is 0 Å². The van der Waals surface area contributed by atoms with E-state index in [4.69, 9.17) is 9.66 Å². The zero-order valence-electron chi connectivity index (χ0n) is 13.5. The lowest BCUT2D eigenvalue weighted by Crippen LogP contribution is -2.53. The van der Waals surface area contributed by atoms with Crippen molar-refractivity contribution in [2.45, 2.75) is 48.0 Å². The van der Waals surface area contributed by atoms with Gasteiger partial charge in [0.05, 0.1) is 13.2 Å². The van der Waals surface area contributed by atoms with E-state index in [-0.39, 0.29) is 11.5 Å². The topological polar surface area (TPSA) is 225 Å². The molecule has 0 bridgehead atoms. The number of hydrogen-bond acceptors (Lipinski definition) is 11. The molecule has 1 rings (SSSR count). The molecule has 156 valence electrons. The molecule has 1 aliphatic rings. The first-order chi connectivity index (χ1) is 11.9. The summed E-state index contributed by atoms with van der Waals surface area (Å²) < 4.78 is 35.0. The molecule has 1 aliphatic heterocycles. The first-order valence-corrected chi connectivity index (χ1v) is 10.5. The Bertz CT molecular complexity index is 530. The third-order valence-corrected chi connectivity index (χ3v) is 7.32. The minimum Gasteiger partial charge on any atom is -0.394 e. The van der Waals surface area contributed by atoms with Gasteiger partial charge in [-0.2, -0.15) is 8.42 Å². The van der Waals surface area contributed by atoms with E-state index in [1.54, 1.807) is 0 Å². The fourth-order valence-corrected chi connectivity index (χ4v) is 5.83. The van der Waals surface area contributed by atoms with E-state index >= 15 is 0 Å². The Morgan fingerprint density at radius 3 is 2.08 bits per heavy atom. The highest BCUT2D eigenvalue weighted by molar-refractivity contribution is 7.97. The second-order valence-electron chi connectivity index (χ2n) is 5.94. The van der Waals surface area contributed by atoms with Crippen LogP contribution >= 0.6 is 0 Å². The molecular weight excluding hydrogens is 400 g/mol. The van der Waals surface area contributed by atoms with Gasteiger partial charge >= 0.3 is 10.4 Å². The second-order valence-corrected chi connectivity index (χ2v) is 9.33. The molecule has 9 N–H and O–H groups in total. The van der Waals surface area contributed by atoms with E-state index in [2.05, 4.69) is 4.18 Å². The predicted molar refractivity (Wildman–Crippen MR) is 87.5 cm³/mol. The first-order valence-electron chi connectivity index (χ1n) is 7.55. The average molecular weight is 425 g/mol. The van der Waals surface area contributed by atoms with Gasteiger partial charge in [0.1, 0.15) is 54.2 Å². The molecule has 9 atom stereocenters. The van der Waals surface area contributed by atoms with Crippen LogP contribution in [-0.2, 0) is 25.5 Å². The van der Waals surface area contributed by atoms with Crippen LogP contribution in [0.3, 0.4) is 0 Å². The number of aliphatic hydroxyl groups excluding tert-OH is 8. The zero-order chi connectivity index (χ0) is 20.2. The molecule has 26 heavy (non-hydrogen) atoms. The fraction of sp³-hybridized carbons (Fsp3) is 1.00. The van der Waals surface area contributed by atoms with E-state index in [0.717, 1.165) is 0 Å². The van der Waals surface area contributed by atoms with Crippen LogP contribution in [0.15, 0.2) is 0 Å². The minimum absolute atomic E-state index is 0.0139. The predicted octanol–water partition coefficient (Wildman–Crippen LogP) is -5.68. The van der Waals surface area contributed by atoms with Crippen LogP contribution in [0.4, 0.5) is 0 Å². The molecule has 0 aromatic carbocycles. The Hall–Kier alpha value is -0.100. The SMILES string of the molecule is O=S(=O)(O)O[C@@H]([C@H](O)[C@@H](O)[C@@H](O)CO)[C@H](O)C[S+]1C[C@@H](O)[C@H](O)[C@H]1CO. The monoisotopic (exact) mass is 425 g/mol. The van der Waals surface area contributed by atoms with Crippen molar-refractivity contribution in [1.82, 2.24) is 0 Å². The van der Waals surface area contributed by atoms with Crippen LogP contribution in [0.25, 0.3) is 0 Å². The first kappa shape index (κ1) is 23.9. The van der Waals surface area contributed by atoms with Gasteiger partial charge in [-0.3, -0.25) is 4.55 Å². The molecule has 1 fully saturated rings. The molecule has 1 heterocycles. The molecule has 0 radical (unpaired) electrons. The molecule has 12 nitrogen and oxygen atoms in total. The highest BCUT2D eigenvalue weighted by atomic mass is 32.3. The zero-order valence-corrected chi connectivity index (χ0v) is 15.1. The Balaban J connectivity index is 2.95. The summed E-state index contributed by atoms with van der Waals surface area (Å²) in [5.74, 6) is -0.363. The Labute approximate surface area is 152 Å². The maximum absolute atomic E-state index is 11.0. The summed E-state index contributed by atoms with van der Waals surface area (Å²) in [6, 6.07) is 0. The largest absolute Gasteiger partial charge is 0.397 e. The van der Waals surface area contributed by atoms with Crippen LogP contribution in [0.1, 0.15) is 0 Å². The van der Waals surface area contributed by atoms with Gasteiger partial charge in [0.15, 0.2) is 5.25 Å². The maximum Gasteiger partial charge on any atom is 0.397 e. The van der Waals surface area contributed by atoms with Gasteiger partial charge in [0, 0.05) is 10.9 Å². The maximum atomic E-state index is 11.0. The molecule has 0 aromatic rings. The quantitative estimate of drug-likeness (QED) is 0.118. The highest BCUT2D eigenvalue weighted by Gasteiger charge is 2.52. The van der Waals surface area contributed by atoms with Gasteiger partial charge in [0.2, 0.25) is 0 Å². The summed E-state index contributed by atoms with van der Waals surface area (Å²) in [7, 11) is -6.18. The fourth-order valence-electron chi connectivity index (χ4n) is 2.62. The van der Waals surface area contributed by atoms with E-state index in [1.807, 2.05) is 0 Å². The number of aliphatic hydroxyl groups is 8. The number of hydrogen-bond donors (Lipinski definition) is 9. The summed E-state index contributed by atoms with van der Waals surface area (Å²) in [5.41, 5.74) is 0. The normalized spacial score (nSPS) is 32.8. The smallest absolute Gasteiger partial charge is 0.394 e. The molecule has 0 saturated carbocycles. The molecular formula is C12H25O12S2+. The standard InChI is InChI=1S/C12H24O12S2/c13-1-5(15)10(19)11(20)12(24-26(21,22)23)7(17)4-25-3-6(16)9(18)8(25)2-14/h5-20H,1-4H2/p+1/t5-,6+,7+,8+,9-,10-,11+,12+,25?/m0/s1. The van der Waals surface area contributed by atoms with Crippen LogP contribution < -0.4 is 0 Å². The van der Waals surface area contributed by atoms with Crippen molar-refractivity contribution in [3.8, 4) is 0 Å². The summed E-state index contributed by atoms with van der Waals surface area (Å²) in [5, 5.41) is 76.0. The molecule has 0 aliphatic carbocycles. The molecule has 1 unspecified atom stereocenters. The number of rotatable bonds is 10. The van der Waals surface area contributed by atoms with Crippen molar-refractivity contribution < 1.29 is 58.0 Å². The van der Waals surface area contributed by atoms with Gasteiger partial charge in [-0.25, -0.2) is 4.18 Å². The van der Waals surface area contributed by atoms with E-state index < -0.39 is 82.5 Å². The third kappa shape index (κ3) is 6.22. The van der Waals surface area contributed by atoms with Crippen molar-refractivity contribution in [2.75, 3.05) is 24.7 Å². The minimum atomic E-state index is -5.17. The van der Waals surface area contributed by atoms with Crippen molar-refractivity contribution in [3.05, 3.63) is 0 Å². The Morgan fingerprint density at radius 1 is 1.04 bits per heavy atom. The summed E-state index contributed by atoms with van der Waals surface area (Å²) in [6.07, 6.45) is -12.6. The van der Waals surface area contributed by atoms with Gasteiger partial charge in [-0.15, -0.1) is 0 Å². The van der Waals surface area contributed by atoms with Crippen LogP contribution in [0.5, 0.6) is 0 Å².